The van der Waals surface area contributed by atoms with Crippen molar-refractivity contribution >= 4 is 5.91 Å². The van der Waals surface area contributed by atoms with Gasteiger partial charge in [0.2, 0.25) is 5.91 Å². The molecular formula is C14H22N2O4. The molecule has 112 valence electrons. The van der Waals surface area contributed by atoms with E-state index in [1.54, 1.807) is 19.3 Å². The van der Waals surface area contributed by atoms with E-state index in [4.69, 9.17) is 9.15 Å². The molecule has 6 heteroatoms. The number of ether oxygens (including phenoxy) is 1. The number of aliphatic hydroxyl groups is 1. The van der Waals surface area contributed by atoms with Gasteiger partial charge in [-0.25, -0.2) is 0 Å². The molecule has 3 N–H and O–H groups in total. The molecule has 1 atom stereocenters. The molecule has 1 aliphatic heterocycles. The van der Waals surface area contributed by atoms with Gasteiger partial charge in [-0.3, -0.25) is 4.79 Å². The third kappa shape index (κ3) is 4.33. The molecular weight excluding hydrogens is 260 g/mol. The molecule has 20 heavy (non-hydrogen) atoms. The summed E-state index contributed by atoms with van der Waals surface area (Å²) in [6.45, 7) is 3.68. The molecule has 1 amide bonds. The summed E-state index contributed by atoms with van der Waals surface area (Å²) in [5.74, 6) is 0.602. The maximum atomic E-state index is 11.9. The van der Waals surface area contributed by atoms with Gasteiger partial charge >= 0.3 is 0 Å². The summed E-state index contributed by atoms with van der Waals surface area (Å²) in [7, 11) is 0. The van der Waals surface area contributed by atoms with Gasteiger partial charge < -0.3 is 24.9 Å². The molecule has 0 aromatic carbocycles. The van der Waals surface area contributed by atoms with Crippen molar-refractivity contribution in [2.45, 2.75) is 38.0 Å². The van der Waals surface area contributed by atoms with Crippen molar-refractivity contribution in [3.8, 4) is 0 Å². The zero-order chi connectivity index (χ0) is 14.4. The van der Waals surface area contributed by atoms with E-state index in [2.05, 4.69) is 10.6 Å². The minimum absolute atomic E-state index is 0.114. The quantitative estimate of drug-likeness (QED) is 0.704. The minimum atomic E-state index is -0.770. The Bertz CT molecular complexity index is 413. The highest BCUT2D eigenvalue weighted by molar-refractivity contribution is 5.81. The predicted molar refractivity (Wildman–Crippen MR) is 73.0 cm³/mol. The van der Waals surface area contributed by atoms with Crippen molar-refractivity contribution in [3.63, 3.8) is 0 Å². The number of hydrogen-bond acceptors (Lipinski definition) is 5. The maximum absolute atomic E-state index is 11.9. The number of rotatable bonds is 6. The van der Waals surface area contributed by atoms with Gasteiger partial charge in [0.15, 0.2) is 0 Å². The molecule has 6 nitrogen and oxygen atoms in total. The molecule has 2 rings (SSSR count). The SMILES string of the molecule is CC(NCC1(O)CCOCC1)C(=O)NCc1ccco1. The Labute approximate surface area is 118 Å². The van der Waals surface area contributed by atoms with Crippen LogP contribution in [0.3, 0.4) is 0 Å². The number of carbonyl (C=O) groups is 1. The Hall–Kier alpha value is -1.37. The van der Waals surface area contributed by atoms with Crippen LogP contribution in [0.25, 0.3) is 0 Å². The van der Waals surface area contributed by atoms with Gasteiger partial charge in [0, 0.05) is 32.6 Å². The van der Waals surface area contributed by atoms with Crippen LogP contribution in [0, 0.1) is 0 Å². The van der Waals surface area contributed by atoms with Crippen LogP contribution in [-0.2, 0) is 16.1 Å². The van der Waals surface area contributed by atoms with E-state index in [0.717, 1.165) is 0 Å². The van der Waals surface area contributed by atoms with Crippen LogP contribution >= 0.6 is 0 Å². The standard InChI is InChI=1S/C14H22N2O4/c1-11(13(17)15-9-12-3-2-6-20-12)16-10-14(18)4-7-19-8-5-14/h2-3,6,11,16,18H,4-5,7-10H2,1H3,(H,15,17). The fourth-order valence-electron chi connectivity index (χ4n) is 2.10. The average Bonchev–Trinajstić information content (AvgIpc) is 2.96. The predicted octanol–water partition coefficient (Wildman–Crippen LogP) is 0.415. The topological polar surface area (TPSA) is 83.7 Å². The molecule has 2 heterocycles. The Kier molecular flexibility index (Phi) is 5.17. The van der Waals surface area contributed by atoms with Crippen LogP contribution in [0.15, 0.2) is 22.8 Å². The summed E-state index contributed by atoms with van der Waals surface area (Å²) < 4.78 is 10.4. The van der Waals surface area contributed by atoms with Crippen molar-refractivity contribution in [3.05, 3.63) is 24.2 Å². The van der Waals surface area contributed by atoms with E-state index in [1.807, 2.05) is 6.07 Å². The molecule has 0 aliphatic carbocycles. The first-order chi connectivity index (χ1) is 9.59. The summed E-state index contributed by atoms with van der Waals surface area (Å²) in [6, 6.07) is 3.23. The Balaban J connectivity index is 1.70. The van der Waals surface area contributed by atoms with Crippen LogP contribution in [0.5, 0.6) is 0 Å². The highest BCUT2D eigenvalue weighted by Gasteiger charge is 2.30. The average molecular weight is 282 g/mol. The summed E-state index contributed by atoms with van der Waals surface area (Å²) >= 11 is 0. The lowest BCUT2D eigenvalue weighted by Gasteiger charge is -2.33. The van der Waals surface area contributed by atoms with Crippen LogP contribution in [0.2, 0.25) is 0 Å². The van der Waals surface area contributed by atoms with Gasteiger partial charge in [0.1, 0.15) is 5.76 Å². The van der Waals surface area contributed by atoms with Gasteiger partial charge in [0.05, 0.1) is 24.5 Å². The molecule has 0 bridgehead atoms. The highest BCUT2D eigenvalue weighted by atomic mass is 16.5. The molecule has 0 spiro atoms. The molecule has 0 radical (unpaired) electrons. The number of hydrogen-bond donors (Lipinski definition) is 3. The molecule has 1 aromatic rings. The molecule has 1 unspecified atom stereocenters. The Morgan fingerprint density at radius 1 is 1.50 bits per heavy atom. The van der Waals surface area contributed by atoms with Crippen molar-refractivity contribution < 1.29 is 19.1 Å². The molecule has 1 fully saturated rings. The molecule has 1 aliphatic rings. The van der Waals surface area contributed by atoms with E-state index in [-0.39, 0.29) is 11.9 Å². The van der Waals surface area contributed by atoms with E-state index in [0.29, 0.717) is 44.9 Å². The fourth-order valence-corrected chi connectivity index (χ4v) is 2.10. The van der Waals surface area contributed by atoms with Crippen molar-refractivity contribution in [1.82, 2.24) is 10.6 Å². The molecule has 1 aromatic heterocycles. The Morgan fingerprint density at radius 2 is 2.25 bits per heavy atom. The lowest BCUT2D eigenvalue weighted by atomic mass is 9.94. The highest BCUT2D eigenvalue weighted by Crippen LogP contribution is 2.19. The second-order valence-electron chi connectivity index (χ2n) is 5.24. The summed E-state index contributed by atoms with van der Waals surface area (Å²) in [6.07, 6.45) is 2.77. The third-order valence-electron chi connectivity index (χ3n) is 3.57. The number of nitrogens with one attached hydrogen (secondary N) is 2. The lowest BCUT2D eigenvalue weighted by molar-refractivity contribution is -0.123. The molecule has 1 saturated heterocycles. The van der Waals surface area contributed by atoms with Crippen LogP contribution < -0.4 is 10.6 Å². The van der Waals surface area contributed by atoms with Crippen LogP contribution in [0.4, 0.5) is 0 Å². The number of carbonyl (C=O) groups excluding carboxylic acids is 1. The summed E-state index contributed by atoms with van der Waals surface area (Å²) in [5.41, 5.74) is -0.770. The van der Waals surface area contributed by atoms with Crippen molar-refractivity contribution in [2.75, 3.05) is 19.8 Å². The lowest BCUT2D eigenvalue weighted by Crippen LogP contribution is -2.50. The van der Waals surface area contributed by atoms with E-state index in [1.165, 1.54) is 0 Å². The van der Waals surface area contributed by atoms with Gasteiger partial charge in [-0.1, -0.05) is 0 Å². The third-order valence-corrected chi connectivity index (χ3v) is 3.57. The summed E-state index contributed by atoms with van der Waals surface area (Å²) in [5, 5.41) is 16.2. The monoisotopic (exact) mass is 282 g/mol. The molecule has 0 saturated carbocycles. The minimum Gasteiger partial charge on any atom is -0.467 e. The van der Waals surface area contributed by atoms with E-state index < -0.39 is 5.60 Å². The first-order valence-electron chi connectivity index (χ1n) is 6.93. The van der Waals surface area contributed by atoms with Gasteiger partial charge in [-0.2, -0.15) is 0 Å². The van der Waals surface area contributed by atoms with Gasteiger partial charge in [-0.05, 0) is 19.1 Å². The van der Waals surface area contributed by atoms with Crippen LogP contribution in [-0.4, -0.2) is 42.4 Å². The van der Waals surface area contributed by atoms with E-state index in [9.17, 15) is 9.90 Å². The second-order valence-corrected chi connectivity index (χ2v) is 5.24. The fraction of sp³-hybridized carbons (Fsp3) is 0.643. The number of furan rings is 1. The zero-order valence-corrected chi connectivity index (χ0v) is 11.7. The first kappa shape index (κ1) is 15.0. The summed E-state index contributed by atoms with van der Waals surface area (Å²) in [4.78, 5) is 11.9. The van der Waals surface area contributed by atoms with Gasteiger partial charge in [0.25, 0.3) is 0 Å². The van der Waals surface area contributed by atoms with E-state index >= 15 is 0 Å². The largest absolute Gasteiger partial charge is 0.467 e. The Morgan fingerprint density at radius 3 is 2.90 bits per heavy atom. The van der Waals surface area contributed by atoms with Crippen molar-refractivity contribution in [2.24, 2.45) is 0 Å². The smallest absolute Gasteiger partial charge is 0.237 e. The van der Waals surface area contributed by atoms with Crippen molar-refractivity contribution in [1.29, 1.82) is 0 Å². The second kappa shape index (κ2) is 6.88. The normalized spacial score (nSPS) is 19.5. The van der Waals surface area contributed by atoms with Gasteiger partial charge in [-0.15, -0.1) is 0 Å². The zero-order valence-electron chi connectivity index (χ0n) is 11.7. The number of amides is 1. The van der Waals surface area contributed by atoms with Crippen LogP contribution in [0.1, 0.15) is 25.5 Å². The first-order valence-corrected chi connectivity index (χ1v) is 6.93. The maximum Gasteiger partial charge on any atom is 0.237 e.